The minimum Gasteiger partial charge on any atom is -0.341 e. The fraction of sp³-hybridized carbons (Fsp3) is 0.333. The highest BCUT2D eigenvalue weighted by Gasteiger charge is 2.20. The summed E-state index contributed by atoms with van der Waals surface area (Å²) in [5.74, 6) is 0. The minimum absolute atomic E-state index is 0. The van der Waals surface area contributed by atoms with Gasteiger partial charge in [0.1, 0.15) is 0 Å². The van der Waals surface area contributed by atoms with Crippen LogP contribution in [-0.4, -0.2) is 20.1 Å². The normalized spacial score (nSPS) is 12.3. The van der Waals surface area contributed by atoms with E-state index in [1.807, 2.05) is 13.1 Å². The Kier molecular flexibility index (Phi) is 8.21. The highest BCUT2D eigenvalue weighted by molar-refractivity contribution is 6.30. The van der Waals surface area contributed by atoms with Crippen LogP contribution in [0.2, 0.25) is 5.02 Å². The van der Waals surface area contributed by atoms with E-state index in [1.165, 1.54) is 22.5 Å². The van der Waals surface area contributed by atoms with Gasteiger partial charge >= 0.3 is 0 Å². The smallest absolute Gasteiger partial charge is 0.0458 e. The molecule has 0 saturated carbocycles. The Balaban J connectivity index is 0.00000132. The average Bonchev–Trinajstić information content (AvgIpc) is 2.65. The van der Waals surface area contributed by atoms with Crippen LogP contribution >= 0.6 is 36.4 Å². The number of hydrogen-bond acceptors (Lipinski definition) is 2. The molecule has 1 N–H and O–H groups in total. The lowest BCUT2D eigenvalue weighted by Gasteiger charge is -2.27. The largest absolute Gasteiger partial charge is 0.341 e. The fourth-order valence-corrected chi connectivity index (χ4v) is 3.21. The van der Waals surface area contributed by atoms with Crippen molar-refractivity contribution in [3.05, 3.63) is 58.6 Å². The second-order valence-electron chi connectivity index (χ2n) is 5.51. The Bertz CT molecular complexity index is 631. The van der Waals surface area contributed by atoms with Crippen molar-refractivity contribution < 1.29 is 0 Å². The molecular formula is C18H23Cl3N2. The third-order valence-corrected chi connectivity index (χ3v) is 4.33. The van der Waals surface area contributed by atoms with Crippen LogP contribution in [0.1, 0.15) is 17.5 Å². The summed E-state index contributed by atoms with van der Waals surface area (Å²) in [6.07, 6.45) is 3.27. The zero-order chi connectivity index (χ0) is 14.7. The molecule has 126 valence electrons. The van der Waals surface area contributed by atoms with Gasteiger partial charge in [0.05, 0.1) is 0 Å². The molecule has 0 aliphatic carbocycles. The van der Waals surface area contributed by atoms with Crippen molar-refractivity contribution in [1.29, 1.82) is 0 Å². The molecule has 0 unspecified atom stereocenters. The maximum absolute atomic E-state index is 6.24. The van der Waals surface area contributed by atoms with Crippen LogP contribution in [-0.2, 0) is 12.8 Å². The second-order valence-corrected chi connectivity index (χ2v) is 5.95. The molecule has 23 heavy (non-hydrogen) atoms. The highest BCUT2D eigenvalue weighted by Crippen LogP contribution is 2.37. The average molecular weight is 374 g/mol. The molecule has 2 nitrogen and oxygen atoms in total. The predicted octanol–water partition coefficient (Wildman–Crippen LogP) is 5.03. The summed E-state index contributed by atoms with van der Waals surface area (Å²) in [5, 5.41) is 4.04. The van der Waals surface area contributed by atoms with Crippen molar-refractivity contribution in [3.8, 4) is 0 Å². The van der Waals surface area contributed by atoms with Gasteiger partial charge in [0.25, 0.3) is 0 Å². The molecule has 0 fully saturated rings. The third kappa shape index (κ3) is 4.54. The lowest BCUT2D eigenvalue weighted by Crippen LogP contribution is -2.23. The number of anilines is 2. The van der Waals surface area contributed by atoms with Crippen molar-refractivity contribution >= 4 is 47.8 Å². The number of benzene rings is 2. The van der Waals surface area contributed by atoms with E-state index in [2.05, 4.69) is 46.6 Å². The molecule has 1 aliphatic rings. The molecule has 5 heteroatoms. The third-order valence-electron chi connectivity index (χ3n) is 4.09. The number of rotatable bonds is 4. The van der Waals surface area contributed by atoms with Gasteiger partial charge in [-0.25, -0.2) is 0 Å². The molecule has 0 saturated heterocycles. The standard InChI is InChI=1S/C18H21ClN2.2ClH/c1-20-11-4-12-21-17-6-3-2-5-14(17)7-8-15-9-10-16(19)13-18(15)21;;/h2-3,5-6,9-10,13,20H,4,7-8,11-12H2,1H3;2*1H. The van der Waals surface area contributed by atoms with E-state index in [9.17, 15) is 0 Å². The van der Waals surface area contributed by atoms with Gasteiger partial charge in [0.15, 0.2) is 0 Å². The summed E-state index contributed by atoms with van der Waals surface area (Å²) in [5.41, 5.74) is 5.41. The molecule has 0 amide bonds. The summed E-state index contributed by atoms with van der Waals surface area (Å²) < 4.78 is 0. The van der Waals surface area contributed by atoms with E-state index in [4.69, 9.17) is 11.6 Å². The summed E-state index contributed by atoms with van der Waals surface area (Å²) in [6, 6.07) is 15.0. The Morgan fingerprint density at radius 3 is 2.43 bits per heavy atom. The van der Waals surface area contributed by atoms with Crippen LogP contribution in [0, 0.1) is 0 Å². The summed E-state index contributed by atoms with van der Waals surface area (Å²) in [4.78, 5) is 2.43. The lowest BCUT2D eigenvalue weighted by atomic mass is 10.0. The Labute approximate surface area is 156 Å². The molecular weight excluding hydrogens is 351 g/mol. The van der Waals surface area contributed by atoms with Gasteiger partial charge in [-0.3, -0.25) is 0 Å². The molecule has 2 aromatic rings. The van der Waals surface area contributed by atoms with Crippen LogP contribution < -0.4 is 10.2 Å². The predicted molar refractivity (Wildman–Crippen MR) is 105 cm³/mol. The Hall–Kier alpha value is -0.930. The second kappa shape index (κ2) is 9.39. The SMILES string of the molecule is CNCCCN1c2ccccc2CCc2ccc(Cl)cc21.Cl.Cl. The van der Waals surface area contributed by atoms with Crippen molar-refractivity contribution in [2.75, 3.05) is 25.0 Å². The summed E-state index contributed by atoms with van der Waals surface area (Å²) in [7, 11) is 2.00. The highest BCUT2D eigenvalue weighted by atomic mass is 35.5. The van der Waals surface area contributed by atoms with Crippen molar-refractivity contribution in [1.82, 2.24) is 5.32 Å². The number of fused-ring (bicyclic) bond motifs is 2. The zero-order valence-corrected chi connectivity index (χ0v) is 15.6. The first-order valence-electron chi connectivity index (χ1n) is 7.58. The number of hydrogen-bond donors (Lipinski definition) is 1. The molecule has 0 atom stereocenters. The number of nitrogens with zero attached hydrogens (tertiary/aromatic N) is 1. The first-order chi connectivity index (χ1) is 10.3. The van der Waals surface area contributed by atoms with E-state index in [1.54, 1.807) is 0 Å². The molecule has 0 radical (unpaired) electrons. The van der Waals surface area contributed by atoms with Crippen LogP contribution in [0.3, 0.4) is 0 Å². The molecule has 2 aromatic carbocycles. The zero-order valence-electron chi connectivity index (χ0n) is 13.2. The maximum atomic E-state index is 6.24. The molecule has 0 bridgehead atoms. The van der Waals surface area contributed by atoms with Crippen molar-refractivity contribution in [2.45, 2.75) is 19.3 Å². The van der Waals surface area contributed by atoms with Crippen LogP contribution in [0.4, 0.5) is 11.4 Å². The number of aryl methyl sites for hydroxylation is 2. The fourth-order valence-electron chi connectivity index (χ4n) is 3.04. The van der Waals surface area contributed by atoms with Crippen molar-refractivity contribution in [2.24, 2.45) is 0 Å². The molecule has 1 aliphatic heterocycles. The van der Waals surface area contributed by atoms with Gasteiger partial charge in [-0.05, 0) is 62.2 Å². The van der Waals surface area contributed by atoms with Gasteiger partial charge in [0.2, 0.25) is 0 Å². The van der Waals surface area contributed by atoms with E-state index >= 15 is 0 Å². The molecule has 0 aromatic heterocycles. The lowest BCUT2D eigenvalue weighted by molar-refractivity contribution is 0.723. The maximum Gasteiger partial charge on any atom is 0.0458 e. The summed E-state index contributed by atoms with van der Waals surface area (Å²) >= 11 is 6.24. The van der Waals surface area contributed by atoms with Crippen LogP contribution in [0.15, 0.2) is 42.5 Å². The summed E-state index contributed by atoms with van der Waals surface area (Å²) in [6.45, 7) is 2.03. The first-order valence-corrected chi connectivity index (χ1v) is 7.96. The van der Waals surface area contributed by atoms with Gasteiger partial charge in [0, 0.05) is 22.9 Å². The molecule has 1 heterocycles. The minimum atomic E-state index is 0. The van der Waals surface area contributed by atoms with Crippen LogP contribution in [0.25, 0.3) is 0 Å². The van der Waals surface area contributed by atoms with E-state index in [0.717, 1.165) is 37.4 Å². The Morgan fingerprint density at radius 1 is 1.00 bits per heavy atom. The molecule has 0 spiro atoms. The van der Waals surface area contributed by atoms with Crippen molar-refractivity contribution in [3.63, 3.8) is 0 Å². The van der Waals surface area contributed by atoms with Gasteiger partial charge in [-0.1, -0.05) is 35.9 Å². The van der Waals surface area contributed by atoms with E-state index in [0.29, 0.717) is 0 Å². The van der Waals surface area contributed by atoms with Gasteiger partial charge in [-0.15, -0.1) is 24.8 Å². The monoisotopic (exact) mass is 372 g/mol. The van der Waals surface area contributed by atoms with E-state index in [-0.39, 0.29) is 24.8 Å². The first kappa shape index (κ1) is 20.1. The van der Waals surface area contributed by atoms with Gasteiger partial charge < -0.3 is 10.2 Å². The Morgan fingerprint density at radius 2 is 1.70 bits per heavy atom. The topological polar surface area (TPSA) is 15.3 Å². The number of nitrogens with one attached hydrogen (secondary N) is 1. The van der Waals surface area contributed by atoms with Gasteiger partial charge in [-0.2, -0.15) is 0 Å². The van der Waals surface area contributed by atoms with Crippen LogP contribution in [0.5, 0.6) is 0 Å². The number of halogens is 3. The molecule has 3 rings (SSSR count). The number of para-hydroxylation sites is 1. The quantitative estimate of drug-likeness (QED) is 0.756. The van der Waals surface area contributed by atoms with E-state index < -0.39 is 0 Å².